The highest BCUT2D eigenvalue weighted by Crippen LogP contribution is 2.30. The van der Waals surface area contributed by atoms with E-state index in [9.17, 15) is 0 Å². The second-order valence-electron chi connectivity index (χ2n) is 4.40. The van der Waals surface area contributed by atoms with Crippen LogP contribution >= 0.6 is 0 Å². The lowest BCUT2D eigenvalue weighted by atomic mass is 10.1. The first kappa shape index (κ1) is 12.8. The van der Waals surface area contributed by atoms with Crippen LogP contribution < -0.4 is 15.2 Å². The molecule has 90 valence electrons. The molecule has 0 aliphatic heterocycles. The Hall–Kier alpha value is -1.22. The minimum atomic E-state index is 0.00745. The smallest absolute Gasteiger partial charge is 0.161 e. The maximum absolute atomic E-state index is 5.81. The largest absolute Gasteiger partial charge is 0.493 e. The van der Waals surface area contributed by atoms with Gasteiger partial charge in [0.1, 0.15) is 0 Å². The van der Waals surface area contributed by atoms with Gasteiger partial charge in [0.05, 0.1) is 13.7 Å². The van der Waals surface area contributed by atoms with Crippen LogP contribution in [0.3, 0.4) is 0 Å². The van der Waals surface area contributed by atoms with Gasteiger partial charge < -0.3 is 15.2 Å². The quantitative estimate of drug-likeness (QED) is 0.834. The molecular formula is C13H21NO2. The van der Waals surface area contributed by atoms with E-state index in [1.807, 2.05) is 25.1 Å². The molecule has 0 radical (unpaired) electrons. The molecule has 1 rings (SSSR count). The van der Waals surface area contributed by atoms with Gasteiger partial charge in [-0.1, -0.05) is 19.9 Å². The highest BCUT2D eigenvalue weighted by molar-refractivity contribution is 5.43. The van der Waals surface area contributed by atoms with Crippen LogP contribution in [-0.4, -0.2) is 13.7 Å². The third-order valence-corrected chi connectivity index (χ3v) is 2.29. The second-order valence-corrected chi connectivity index (χ2v) is 4.40. The van der Waals surface area contributed by atoms with Crippen LogP contribution in [0.2, 0.25) is 0 Å². The molecule has 0 unspecified atom stereocenters. The number of benzene rings is 1. The highest BCUT2D eigenvalue weighted by Gasteiger charge is 2.08. The average molecular weight is 223 g/mol. The van der Waals surface area contributed by atoms with E-state index in [1.165, 1.54) is 0 Å². The second kappa shape index (κ2) is 5.75. The minimum absolute atomic E-state index is 0.00745. The molecule has 16 heavy (non-hydrogen) atoms. The van der Waals surface area contributed by atoms with E-state index in [1.54, 1.807) is 7.11 Å². The van der Waals surface area contributed by atoms with E-state index >= 15 is 0 Å². The van der Waals surface area contributed by atoms with Crippen molar-refractivity contribution in [2.45, 2.75) is 26.8 Å². The van der Waals surface area contributed by atoms with Crippen LogP contribution in [0.1, 0.15) is 32.4 Å². The molecule has 0 aromatic heterocycles. The van der Waals surface area contributed by atoms with Crippen molar-refractivity contribution in [3.05, 3.63) is 23.8 Å². The third-order valence-electron chi connectivity index (χ3n) is 2.29. The van der Waals surface area contributed by atoms with Crippen LogP contribution in [0.5, 0.6) is 11.5 Å². The van der Waals surface area contributed by atoms with Gasteiger partial charge in [0, 0.05) is 6.04 Å². The summed E-state index contributed by atoms with van der Waals surface area (Å²) < 4.78 is 10.9. The standard InChI is InChI=1S/C13H21NO2/c1-9(2)8-16-12-6-5-11(10(3)14)7-13(12)15-4/h5-7,9-10H,8,14H2,1-4H3/t10-/m1/s1. The van der Waals surface area contributed by atoms with Gasteiger partial charge in [-0.15, -0.1) is 0 Å². The number of rotatable bonds is 5. The Kier molecular flexibility index (Phi) is 4.62. The Labute approximate surface area is 97.6 Å². The van der Waals surface area contributed by atoms with Crippen LogP contribution in [0.4, 0.5) is 0 Å². The van der Waals surface area contributed by atoms with E-state index in [0.717, 1.165) is 17.1 Å². The first-order valence-corrected chi connectivity index (χ1v) is 5.61. The van der Waals surface area contributed by atoms with Gasteiger partial charge in [-0.3, -0.25) is 0 Å². The lowest BCUT2D eigenvalue weighted by molar-refractivity contribution is 0.256. The molecule has 0 fully saturated rings. The van der Waals surface area contributed by atoms with E-state index in [2.05, 4.69) is 13.8 Å². The maximum Gasteiger partial charge on any atom is 0.161 e. The van der Waals surface area contributed by atoms with Crippen molar-refractivity contribution < 1.29 is 9.47 Å². The van der Waals surface area contributed by atoms with Gasteiger partial charge in [-0.05, 0) is 30.5 Å². The molecule has 0 heterocycles. The normalized spacial score (nSPS) is 12.6. The Morgan fingerprint density at radius 2 is 1.88 bits per heavy atom. The fourth-order valence-corrected chi connectivity index (χ4v) is 1.34. The Bertz CT molecular complexity index is 335. The zero-order chi connectivity index (χ0) is 12.1. The molecular weight excluding hydrogens is 202 g/mol. The Balaban J connectivity index is 2.84. The number of ether oxygens (including phenoxy) is 2. The van der Waals surface area contributed by atoms with Crippen molar-refractivity contribution in [2.24, 2.45) is 11.7 Å². The SMILES string of the molecule is COc1cc([C@@H](C)N)ccc1OCC(C)C. The third kappa shape index (κ3) is 3.42. The van der Waals surface area contributed by atoms with Crippen LogP contribution in [0.15, 0.2) is 18.2 Å². The van der Waals surface area contributed by atoms with Crippen molar-refractivity contribution in [1.82, 2.24) is 0 Å². The predicted octanol–water partition coefficient (Wildman–Crippen LogP) is 2.75. The van der Waals surface area contributed by atoms with Gasteiger partial charge >= 0.3 is 0 Å². The summed E-state index contributed by atoms with van der Waals surface area (Å²) in [4.78, 5) is 0. The zero-order valence-electron chi connectivity index (χ0n) is 10.5. The van der Waals surface area contributed by atoms with Gasteiger partial charge in [-0.25, -0.2) is 0 Å². The number of hydrogen-bond acceptors (Lipinski definition) is 3. The number of methoxy groups -OCH3 is 1. The monoisotopic (exact) mass is 223 g/mol. The summed E-state index contributed by atoms with van der Waals surface area (Å²) in [7, 11) is 1.64. The van der Waals surface area contributed by atoms with Gasteiger partial charge in [-0.2, -0.15) is 0 Å². The van der Waals surface area contributed by atoms with E-state index < -0.39 is 0 Å². The van der Waals surface area contributed by atoms with Crippen LogP contribution in [-0.2, 0) is 0 Å². The highest BCUT2D eigenvalue weighted by atomic mass is 16.5. The molecule has 3 nitrogen and oxygen atoms in total. The summed E-state index contributed by atoms with van der Waals surface area (Å²) in [5.41, 5.74) is 6.86. The molecule has 0 saturated heterocycles. The summed E-state index contributed by atoms with van der Waals surface area (Å²) >= 11 is 0. The van der Waals surface area contributed by atoms with Crippen molar-refractivity contribution in [3.63, 3.8) is 0 Å². The fourth-order valence-electron chi connectivity index (χ4n) is 1.34. The molecule has 1 atom stereocenters. The molecule has 1 aromatic rings. The summed E-state index contributed by atoms with van der Waals surface area (Å²) in [6, 6.07) is 5.83. The number of nitrogens with two attached hydrogens (primary N) is 1. The summed E-state index contributed by atoms with van der Waals surface area (Å²) in [5, 5.41) is 0. The van der Waals surface area contributed by atoms with Crippen molar-refractivity contribution >= 4 is 0 Å². The molecule has 0 aliphatic rings. The molecule has 3 heteroatoms. The Morgan fingerprint density at radius 3 is 2.38 bits per heavy atom. The maximum atomic E-state index is 5.81. The van der Waals surface area contributed by atoms with Gasteiger partial charge in [0.25, 0.3) is 0 Å². The first-order chi connectivity index (χ1) is 7.54. The van der Waals surface area contributed by atoms with Crippen molar-refractivity contribution in [2.75, 3.05) is 13.7 Å². The molecule has 0 amide bonds. The van der Waals surface area contributed by atoms with Crippen molar-refractivity contribution in [1.29, 1.82) is 0 Å². The summed E-state index contributed by atoms with van der Waals surface area (Å²) in [6.45, 7) is 6.86. The van der Waals surface area contributed by atoms with E-state index in [0.29, 0.717) is 12.5 Å². The molecule has 0 spiro atoms. The first-order valence-electron chi connectivity index (χ1n) is 5.61. The molecule has 2 N–H and O–H groups in total. The van der Waals surface area contributed by atoms with Gasteiger partial charge in [0.15, 0.2) is 11.5 Å². The Morgan fingerprint density at radius 1 is 1.19 bits per heavy atom. The fraction of sp³-hybridized carbons (Fsp3) is 0.538. The van der Waals surface area contributed by atoms with Gasteiger partial charge in [0.2, 0.25) is 0 Å². The van der Waals surface area contributed by atoms with Crippen LogP contribution in [0, 0.1) is 5.92 Å². The van der Waals surface area contributed by atoms with Crippen molar-refractivity contribution in [3.8, 4) is 11.5 Å². The molecule has 0 bridgehead atoms. The molecule has 0 aliphatic carbocycles. The average Bonchev–Trinajstić information content (AvgIpc) is 2.25. The number of hydrogen-bond donors (Lipinski definition) is 1. The zero-order valence-corrected chi connectivity index (χ0v) is 10.5. The summed E-state index contributed by atoms with van der Waals surface area (Å²) in [5.74, 6) is 2.02. The lowest BCUT2D eigenvalue weighted by Crippen LogP contribution is -2.08. The topological polar surface area (TPSA) is 44.5 Å². The predicted molar refractivity (Wildman–Crippen MR) is 65.9 cm³/mol. The summed E-state index contributed by atoms with van der Waals surface area (Å²) in [6.07, 6.45) is 0. The molecule has 1 aromatic carbocycles. The lowest BCUT2D eigenvalue weighted by Gasteiger charge is -2.14. The minimum Gasteiger partial charge on any atom is -0.493 e. The van der Waals surface area contributed by atoms with Crippen LogP contribution in [0.25, 0.3) is 0 Å². The molecule has 0 saturated carbocycles. The van der Waals surface area contributed by atoms with E-state index in [4.69, 9.17) is 15.2 Å². The van der Waals surface area contributed by atoms with E-state index in [-0.39, 0.29) is 6.04 Å².